The van der Waals surface area contributed by atoms with Gasteiger partial charge in [-0.15, -0.1) is 0 Å². The van der Waals surface area contributed by atoms with Crippen LogP contribution in [-0.2, 0) is 18.3 Å². The van der Waals surface area contributed by atoms with Gasteiger partial charge in [0.15, 0.2) is 6.29 Å². The molecular weight excluding hydrogens is 1180 g/mol. The monoisotopic (exact) mass is 1320 g/mol. The van der Waals surface area contributed by atoms with Crippen LogP contribution in [0.2, 0.25) is 0 Å². The molecule has 0 radical (unpaired) electrons. The molecule has 534 valence electrons. The van der Waals surface area contributed by atoms with E-state index in [0.717, 1.165) is 167 Å². The highest BCUT2D eigenvalue weighted by molar-refractivity contribution is 7.45. The maximum absolute atomic E-state index is 12.2. The molecule has 0 amide bonds. The smallest absolute Gasteiger partial charge is 0.270 e. The molecule has 1 heterocycles. The zero-order valence-corrected chi connectivity index (χ0v) is 64.1. The molecule has 3 N–H and O–H groups in total. The standard InChI is InChI=1S/C85H141O8P/c1-66(2)33-18-34-67(3)35-19-36-68(4)37-20-38-69(5)39-21-40-70(6)41-22-42-71(7)43-23-44-72(8)45-24-46-73(9)47-25-48-74(10)49-26-50-75(11)51-27-52-76(12)53-28-54-77(13)55-29-56-78(14)57-30-58-79(15)59-31-60-80(16)61-32-62-81(17)63-64-92-94(89,90)93-85-84(88)83(87)82(86)65-91-85/h33,35,37,39,41,43,45,47,49,51,53,55,57,59,61,81-88H,18-32,34,36,38,40,42,44,46,48,50,52,54,56,58,60,62-65H2,1-17H3,(H,89,90)/p-1/b67-35+,68-37+,69-39-,70-41-,71-43-,72-45-,73-47-,74-49-,75-51-,76-53-,77-55-,78-57-,79-59-,80-61-/t81-,82+,83-,84+,85+/m0/s1. The molecule has 0 saturated carbocycles. The lowest BCUT2D eigenvalue weighted by Gasteiger charge is -2.37. The van der Waals surface area contributed by atoms with Crippen LogP contribution in [0.15, 0.2) is 175 Å². The fourth-order valence-electron chi connectivity index (χ4n) is 11.3. The highest BCUT2D eigenvalue weighted by atomic mass is 31.2. The summed E-state index contributed by atoms with van der Waals surface area (Å²) in [5.41, 5.74) is 22.3. The molecule has 0 spiro atoms. The minimum Gasteiger partial charge on any atom is -0.756 e. The number of ether oxygens (including phenoxy) is 1. The van der Waals surface area contributed by atoms with E-state index in [2.05, 4.69) is 209 Å². The van der Waals surface area contributed by atoms with E-state index in [-0.39, 0.29) is 19.1 Å². The maximum atomic E-state index is 12.2. The minimum absolute atomic E-state index is 0.0570. The van der Waals surface area contributed by atoms with Crippen molar-refractivity contribution in [2.24, 2.45) is 5.92 Å². The van der Waals surface area contributed by atoms with E-state index in [1.807, 2.05) is 0 Å². The first kappa shape index (κ1) is 88.1. The van der Waals surface area contributed by atoms with Crippen LogP contribution in [0.4, 0.5) is 0 Å². The predicted octanol–water partition coefficient (Wildman–Crippen LogP) is 24.9. The second-order valence-electron chi connectivity index (χ2n) is 28.6. The van der Waals surface area contributed by atoms with Gasteiger partial charge in [0.2, 0.25) is 0 Å². The SMILES string of the molecule is CC(C)=CCC/C(C)=C/CC/C(C)=C/CC/C(C)=C\CC/C(C)=C\CC/C(C)=C\CC/C(C)=C\CC/C(C)=C\CC/C(C)=C\CC/C(C)=C\CC/C(C)=C\CC/C(C)=C\CC/C(C)=C\CC/C(C)=C\CC/C(C)=C\CC[C@H](C)CCOP(=O)([O-])O[C@H]1OC[C@@H](O)[C@H](O)[C@H]1O. The first-order chi connectivity index (χ1) is 44.6. The molecule has 1 saturated heterocycles. The van der Waals surface area contributed by atoms with Crippen LogP contribution in [0.1, 0.15) is 317 Å². The molecular formula is C85H140O8P-. The van der Waals surface area contributed by atoms with Gasteiger partial charge in [-0.2, -0.15) is 0 Å². The van der Waals surface area contributed by atoms with Gasteiger partial charge in [-0.1, -0.05) is 182 Å². The lowest BCUT2D eigenvalue weighted by Crippen LogP contribution is -2.53. The normalized spacial score (nSPS) is 19.8. The van der Waals surface area contributed by atoms with E-state index in [9.17, 15) is 24.8 Å². The Morgan fingerprint density at radius 2 is 0.574 bits per heavy atom. The van der Waals surface area contributed by atoms with Crippen molar-refractivity contribution >= 4 is 7.82 Å². The first-order valence-corrected chi connectivity index (χ1v) is 38.2. The maximum Gasteiger partial charge on any atom is 0.270 e. The van der Waals surface area contributed by atoms with Gasteiger partial charge in [-0.25, -0.2) is 0 Å². The van der Waals surface area contributed by atoms with Crippen molar-refractivity contribution in [3.63, 3.8) is 0 Å². The van der Waals surface area contributed by atoms with Crippen LogP contribution in [0.25, 0.3) is 0 Å². The summed E-state index contributed by atoms with van der Waals surface area (Å²) in [6.45, 7) is 38.0. The third-order valence-corrected chi connectivity index (χ3v) is 19.2. The zero-order valence-electron chi connectivity index (χ0n) is 63.2. The van der Waals surface area contributed by atoms with Crippen LogP contribution < -0.4 is 4.89 Å². The van der Waals surface area contributed by atoms with Crippen LogP contribution in [0, 0.1) is 5.92 Å². The Labute approximate surface area is 578 Å². The molecule has 94 heavy (non-hydrogen) atoms. The average molecular weight is 1320 g/mol. The lowest BCUT2D eigenvalue weighted by molar-refractivity contribution is -0.283. The van der Waals surface area contributed by atoms with Crippen LogP contribution >= 0.6 is 7.82 Å². The molecule has 0 aromatic heterocycles. The van der Waals surface area contributed by atoms with E-state index in [4.69, 9.17) is 13.8 Å². The Morgan fingerprint density at radius 1 is 0.362 bits per heavy atom. The summed E-state index contributed by atoms with van der Waals surface area (Å²) in [5.74, 6) is 0.236. The van der Waals surface area contributed by atoms with E-state index in [1.165, 1.54) is 109 Å². The van der Waals surface area contributed by atoms with E-state index in [1.54, 1.807) is 0 Å². The van der Waals surface area contributed by atoms with Gasteiger partial charge in [0.05, 0.1) is 13.2 Å². The molecule has 0 bridgehead atoms. The van der Waals surface area contributed by atoms with Gasteiger partial charge in [-0.05, 0) is 316 Å². The Kier molecular flexibility index (Phi) is 50.6. The molecule has 6 atom stereocenters. The molecule has 1 aliphatic rings. The van der Waals surface area contributed by atoms with Crippen LogP contribution in [-0.4, -0.2) is 53.1 Å². The number of aliphatic hydroxyl groups excluding tert-OH is 3. The van der Waals surface area contributed by atoms with Gasteiger partial charge >= 0.3 is 0 Å². The molecule has 1 fully saturated rings. The third-order valence-electron chi connectivity index (χ3n) is 18.2. The van der Waals surface area contributed by atoms with Gasteiger partial charge in [0.1, 0.15) is 18.3 Å². The summed E-state index contributed by atoms with van der Waals surface area (Å²) in [7, 11) is -4.77. The van der Waals surface area contributed by atoms with Crippen molar-refractivity contribution in [3.05, 3.63) is 175 Å². The summed E-state index contributed by atoms with van der Waals surface area (Å²) in [4.78, 5) is 12.2. The molecule has 0 aromatic rings. The first-order valence-electron chi connectivity index (χ1n) is 36.8. The molecule has 0 aliphatic carbocycles. The average Bonchev–Trinajstić information content (AvgIpc) is 0.926. The number of phosphoric ester groups is 1. The predicted molar refractivity (Wildman–Crippen MR) is 407 cm³/mol. The molecule has 8 nitrogen and oxygen atoms in total. The quantitative estimate of drug-likeness (QED) is 0.0406. The molecule has 1 unspecified atom stereocenters. The lowest BCUT2D eigenvalue weighted by atomic mass is 10.0. The van der Waals surface area contributed by atoms with Crippen molar-refractivity contribution in [3.8, 4) is 0 Å². The molecule has 0 aromatic carbocycles. The zero-order chi connectivity index (χ0) is 70.1. The Hall–Kier alpha value is -3.95. The summed E-state index contributed by atoms with van der Waals surface area (Å²) < 4.78 is 27.0. The fourth-order valence-corrected chi connectivity index (χ4v) is 12.1. The molecule has 1 aliphatic heterocycles. The van der Waals surface area contributed by atoms with Crippen LogP contribution in [0.3, 0.4) is 0 Å². The van der Waals surface area contributed by atoms with E-state index in [0.29, 0.717) is 6.42 Å². The number of aliphatic hydroxyl groups is 3. The van der Waals surface area contributed by atoms with Gasteiger partial charge < -0.3 is 29.5 Å². The highest BCUT2D eigenvalue weighted by Gasteiger charge is 2.40. The Morgan fingerprint density at radius 3 is 0.798 bits per heavy atom. The topological polar surface area (TPSA) is 129 Å². The second kappa shape index (κ2) is 54.0. The minimum atomic E-state index is -4.77. The van der Waals surface area contributed by atoms with Gasteiger partial charge in [0, 0.05) is 0 Å². The summed E-state index contributed by atoms with van der Waals surface area (Å²) >= 11 is 0. The van der Waals surface area contributed by atoms with Gasteiger partial charge in [-0.3, -0.25) is 9.09 Å². The third kappa shape index (κ3) is 50.4. The number of rotatable bonds is 51. The van der Waals surface area contributed by atoms with Crippen molar-refractivity contribution < 1.29 is 38.6 Å². The van der Waals surface area contributed by atoms with Crippen molar-refractivity contribution in [2.75, 3.05) is 13.2 Å². The van der Waals surface area contributed by atoms with E-state index < -0.39 is 32.4 Å². The molecule has 9 heteroatoms. The number of hydrogen-bond donors (Lipinski definition) is 3. The number of allylic oxidation sites excluding steroid dienone is 30. The van der Waals surface area contributed by atoms with Crippen molar-refractivity contribution in [1.82, 2.24) is 0 Å². The van der Waals surface area contributed by atoms with Crippen molar-refractivity contribution in [1.29, 1.82) is 0 Å². The van der Waals surface area contributed by atoms with Crippen molar-refractivity contribution in [2.45, 2.75) is 341 Å². The molecule has 1 rings (SSSR count). The van der Waals surface area contributed by atoms with E-state index >= 15 is 0 Å². The second-order valence-corrected chi connectivity index (χ2v) is 30.0. The van der Waals surface area contributed by atoms with Gasteiger partial charge in [0.25, 0.3) is 7.82 Å². The fraction of sp³-hybridized carbons (Fsp3) is 0.647. The summed E-state index contributed by atoms with van der Waals surface area (Å²) in [6.07, 6.45) is 64.3. The highest BCUT2D eigenvalue weighted by Crippen LogP contribution is 2.42. The Bertz CT molecular complexity index is 2660. The van der Waals surface area contributed by atoms with Crippen LogP contribution in [0.5, 0.6) is 0 Å². The summed E-state index contributed by atoms with van der Waals surface area (Å²) in [5, 5.41) is 29.2. The largest absolute Gasteiger partial charge is 0.756 e. The number of phosphoric acid groups is 1. The number of hydrogen-bond acceptors (Lipinski definition) is 8. The summed E-state index contributed by atoms with van der Waals surface area (Å²) in [6, 6.07) is 0. The Balaban J connectivity index is 2.22.